The summed E-state index contributed by atoms with van der Waals surface area (Å²) < 4.78 is 32.6. The van der Waals surface area contributed by atoms with Crippen LogP contribution in [0.3, 0.4) is 0 Å². The minimum Gasteiger partial charge on any atom is -0.357 e. The average Bonchev–Trinajstić information content (AvgIpc) is 2.69. The van der Waals surface area contributed by atoms with E-state index in [-0.39, 0.29) is 23.6 Å². The van der Waals surface area contributed by atoms with E-state index in [1.807, 2.05) is 20.8 Å². The van der Waals surface area contributed by atoms with Crippen LogP contribution in [0.1, 0.15) is 20.8 Å². The summed E-state index contributed by atoms with van der Waals surface area (Å²) in [6.07, 6.45) is -0.177. The van der Waals surface area contributed by atoms with Gasteiger partial charge >= 0.3 is 0 Å². The lowest BCUT2D eigenvalue weighted by Crippen LogP contribution is -2.45. The summed E-state index contributed by atoms with van der Waals surface area (Å²) in [5.41, 5.74) is -0.979. The topological polar surface area (TPSA) is 111 Å². The highest BCUT2D eigenvalue weighted by atomic mass is 32.2. The van der Waals surface area contributed by atoms with Crippen LogP contribution in [0.5, 0.6) is 0 Å². The zero-order valence-electron chi connectivity index (χ0n) is 12.6. The van der Waals surface area contributed by atoms with Gasteiger partial charge in [-0.1, -0.05) is 12.1 Å². The van der Waals surface area contributed by atoms with Gasteiger partial charge in [0, 0.05) is 18.7 Å². The lowest BCUT2D eigenvalue weighted by Gasteiger charge is -2.18. The summed E-state index contributed by atoms with van der Waals surface area (Å²) in [6, 6.07) is 5.04. The molecule has 2 N–H and O–H groups in total. The largest absolute Gasteiger partial charge is 0.357 e. The first-order valence-corrected chi connectivity index (χ1v) is 8.29. The van der Waals surface area contributed by atoms with E-state index in [1.165, 1.54) is 18.2 Å². The van der Waals surface area contributed by atoms with Crippen LogP contribution in [0, 0.1) is 10.1 Å². The zero-order valence-corrected chi connectivity index (χ0v) is 13.4. The zero-order chi connectivity index (χ0) is 16.5. The fourth-order valence-electron chi connectivity index (χ4n) is 2.47. The fourth-order valence-corrected chi connectivity index (χ4v) is 3.70. The van der Waals surface area contributed by atoms with Gasteiger partial charge in [0.05, 0.1) is 11.0 Å². The number of rotatable bonds is 5. The Morgan fingerprint density at radius 3 is 2.59 bits per heavy atom. The SMILES string of the molecule is CC1OC(C)(C)NC1CNS(=O)(=O)c1ccccc1[N+](=O)[O-]. The molecule has 0 saturated carbocycles. The van der Waals surface area contributed by atoms with E-state index in [2.05, 4.69) is 10.0 Å². The molecule has 8 nitrogen and oxygen atoms in total. The first-order valence-electron chi connectivity index (χ1n) is 6.81. The van der Waals surface area contributed by atoms with E-state index in [9.17, 15) is 18.5 Å². The highest BCUT2D eigenvalue weighted by Crippen LogP contribution is 2.24. The van der Waals surface area contributed by atoms with Gasteiger partial charge in [-0.25, -0.2) is 13.1 Å². The Balaban J connectivity index is 2.15. The molecule has 1 aromatic rings. The van der Waals surface area contributed by atoms with Crippen LogP contribution < -0.4 is 10.0 Å². The molecule has 1 saturated heterocycles. The van der Waals surface area contributed by atoms with E-state index in [1.54, 1.807) is 0 Å². The number of nitrogens with zero attached hydrogens (tertiary/aromatic N) is 1. The number of nitrogens with one attached hydrogen (secondary N) is 2. The van der Waals surface area contributed by atoms with Gasteiger partial charge in [-0.05, 0) is 26.8 Å². The van der Waals surface area contributed by atoms with Gasteiger partial charge in [0.25, 0.3) is 5.69 Å². The molecule has 1 fully saturated rings. The number of nitro benzene ring substituents is 1. The summed E-state index contributed by atoms with van der Waals surface area (Å²) in [6.45, 7) is 5.62. The molecule has 2 atom stereocenters. The number of sulfonamides is 1. The number of hydrogen-bond acceptors (Lipinski definition) is 6. The number of hydrogen-bond donors (Lipinski definition) is 2. The number of benzene rings is 1. The van der Waals surface area contributed by atoms with Gasteiger partial charge in [0.2, 0.25) is 10.0 Å². The van der Waals surface area contributed by atoms with Gasteiger partial charge in [0.15, 0.2) is 4.90 Å². The third kappa shape index (κ3) is 3.61. The Kier molecular flexibility index (Phi) is 4.52. The Morgan fingerprint density at radius 2 is 2.05 bits per heavy atom. The molecule has 122 valence electrons. The molecule has 0 amide bonds. The smallest absolute Gasteiger partial charge is 0.289 e. The molecule has 2 rings (SSSR count). The third-order valence-electron chi connectivity index (χ3n) is 3.42. The quantitative estimate of drug-likeness (QED) is 0.615. The van der Waals surface area contributed by atoms with E-state index in [0.717, 1.165) is 6.07 Å². The van der Waals surface area contributed by atoms with Gasteiger partial charge < -0.3 is 4.74 Å². The molecule has 0 aromatic heterocycles. The van der Waals surface area contributed by atoms with Crippen molar-refractivity contribution in [3.63, 3.8) is 0 Å². The van der Waals surface area contributed by atoms with Crippen LogP contribution in [0.2, 0.25) is 0 Å². The molecule has 0 spiro atoms. The van der Waals surface area contributed by atoms with Crippen LogP contribution >= 0.6 is 0 Å². The lowest BCUT2D eigenvalue weighted by atomic mass is 10.2. The first kappa shape index (κ1) is 16.8. The van der Waals surface area contributed by atoms with E-state index < -0.39 is 26.4 Å². The molecule has 9 heteroatoms. The van der Waals surface area contributed by atoms with Crippen molar-refractivity contribution in [1.29, 1.82) is 0 Å². The molecule has 0 aliphatic carbocycles. The minimum atomic E-state index is -3.97. The minimum absolute atomic E-state index is 0.0823. The maximum absolute atomic E-state index is 12.3. The average molecular weight is 329 g/mol. The number of para-hydroxylation sites is 1. The van der Waals surface area contributed by atoms with Crippen LogP contribution in [-0.2, 0) is 14.8 Å². The molecular formula is C13H19N3O5S. The number of nitro groups is 1. The second-order valence-corrected chi connectivity index (χ2v) is 7.40. The van der Waals surface area contributed by atoms with Crippen molar-refractivity contribution < 1.29 is 18.1 Å². The summed E-state index contributed by atoms with van der Waals surface area (Å²) in [4.78, 5) is 9.89. The standard InChI is InChI=1S/C13H19N3O5S/c1-9-10(15-13(2,3)21-9)8-14-22(19,20)12-7-5-4-6-11(12)16(17)18/h4-7,9-10,14-15H,8H2,1-3H3. The maximum atomic E-state index is 12.3. The highest BCUT2D eigenvalue weighted by molar-refractivity contribution is 7.89. The van der Waals surface area contributed by atoms with Crippen LogP contribution in [-0.4, -0.2) is 37.8 Å². The van der Waals surface area contributed by atoms with E-state index >= 15 is 0 Å². The molecule has 1 aliphatic rings. The molecule has 0 radical (unpaired) electrons. The van der Waals surface area contributed by atoms with Crippen molar-refractivity contribution >= 4 is 15.7 Å². The molecule has 1 aliphatic heterocycles. The van der Waals surface area contributed by atoms with Crippen molar-refractivity contribution in [3.8, 4) is 0 Å². The van der Waals surface area contributed by atoms with E-state index in [4.69, 9.17) is 4.74 Å². The van der Waals surface area contributed by atoms with Gasteiger partial charge in [0.1, 0.15) is 5.72 Å². The van der Waals surface area contributed by atoms with Crippen molar-refractivity contribution in [2.24, 2.45) is 0 Å². The summed E-state index contributed by atoms with van der Waals surface area (Å²) in [5.74, 6) is 0. The lowest BCUT2D eigenvalue weighted by molar-refractivity contribution is -0.387. The second kappa shape index (κ2) is 5.92. The van der Waals surface area contributed by atoms with Crippen molar-refractivity contribution in [2.75, 3.05) is 6.54 Å². The third-order valence-corrected chi connectivity index (χ3v) is 4.90. The highest BCUT2D eigenvalue weighted by Gasteiger charge is 2.37. The second-order valence-electron chi connectivity index (χ2n) is 5.66. The van der Waals surface area contributed by atoms with Crippen LogP contribution in [0.25, 0.3) is 0 Å². The van der Waals surface area contributed by atoms with Gasteiger partial charge in [-0.3, -0.25) is 15.4 Å². The molecule has 1 aromatic carbocycles. The van der Waals surface area contributed by atoms with Crippen molar-refractivity contribution in [3.05, 3.63) is 34.4 Å². The maximum Gasteiger partial charge on any atom is 0.289 e. The summed E-state index contributed by atoms with van der Waals surface area (Å²) in [5, 5.41) is 14.1. The first-order chi connectivity index (χ1) is 10.1. The molecule has 0 bridgehead atoms. The normalized spacial score (nSPS) is 24.3. The van der Waals surface area contributed by atoms with E-state index in [0.29, 0.717) is 0 Å². The van der Waals surface area contributed by atoms with Crippen LogP contribution in [0.15, 0.2) is 29.2 Å². The van der Waals surface area contributed by atoms with Crippen molar-refractivity contribution in [2.45, 2.75) is 43.5 Å². The Labute approximate surface area is 129 Å². The van der Waals surface area contributed by atoms with Crippen molar-refractivity contribution in [1.82, 2.24) is 10.0 Å². The Hall–Kier alpha value is -1.55. The predicted molar refractivity (Wildman–Crippen MR) is 79.8 cm³/mol. The molecular weight excluding hydrogens is 310 g/mol. The monoisotopic (exact) mass is 329 g/mol. The fraction of sp³-hybridized carbons (Fsp3) is 0.538. The predicted octanol–water partition coefficient (Wildman–Crippen LogP) is 0.986. The molecule has 2 unspecified atom stereocenters. The molecule has 22 heavy (non-hydrogen) atoms. The molecule has 1 heterocycles. The van der Waals surface area contributed by atoms with Crippen LogP contribution in [0.4, 0.5) is 5.69 Å². The van der Waals surface area contributed by atoms with Gasteiger partial charge in [-0.2, -0.15) is 0 Å². The summed E-state index contributed by atoms with van der Waals surface area (Å²) >= 11 is 0. The Morgan fingerprint density at radius 1 is 1.41 bits per heavy atom. The Bertz CT molecular complexity index is 674. The summed E-state index contributed by atoms with van der Waals surface area (Å²) in [7, 11) is -3.97. The number of ether oxygens (including phenoxy) is 1. The van der Waals surface area contributed by atoms with Gasteiger partial charge in [-0.15, -0.1) is 0 Å².